The molecule has 30 heavy (non-hydrogen) atoms. The number of nitrogens with zero attached hydrogens (tertiary/aromatic N) is 4. The van der Waals surface area contributed by atoms with Gasteiger partial charge < -0.3 is 14.4 Å². The quantitative estimate of drug-likeness (QED) is 0.673. The lowest BCUT2D eigenvalue weighted by Gasteiger charge is -2.37. The van der Waals surface area contributed by atoms with E-state index in [9.17, 15) is 9.59 Å². The second-order valence-electron chi connectivity index (χ2n) is 7.46. The Labute approximate surface area is 176 Å². The van der Waals surface area contributed by atoms with E-state index in [0.717, 1.165) is 37.6 Å². The van der Waals surface area contributed by atoms with Gasteiger partial charge in [-0.2, -0.15) is 0 Å². The van der Waals surface area contributed by atoms with Crippen LogP contribution in [-0.4, -0.2) is 80.1 Å². The topological polar surface area (TPSA) is 75.2 Å². The van der Waals surface area contributed by atoms with Gasteiger partial charge in [0.2, 0.25) is 5.88 Å². The summed E-state index contributed by atoms with van der Waals surface area (Å²) in [5, 5.41) is 0. The van der Waals surface area contributed by atoms with E-state index in [2.05, 4.69) is 20.9 Å². The molecule has 2 aliphatic heterocycles. The fraction of sp³-hybridized carbons (Fsp3) is 0.409. The van der Waals surface area contributed by atoms with Crippen LogP contribution in [0.15, 0.2) is 30.3 Å². The van der Waals surface area contributed by atoms with Crippen molar-refractivity contribution in [1.29, 1.82) is 0 Å². The summed E-state index contributed by atoms with van der Waals surface area (Å²) >= 11 is 0. The van der Waals surface area contributed by atoms with Gasteiger partial charge in [0.25, 0.3) is 11.8 Å². The van der Waals surface area contributed by atoms with Gasteiger partial charge in [0.05, 0.1) is 25.5 Å². The van der Waals surface area contributed by atoms with Crippen LogP contribution < -0.4 is 14.4 Å². The monoisotopic (exact) mass is 410 g/mol. The molecule has 0 aliphatic carbocycles. The zero-order valence-electron chi connectivity index (χ0n) is 17.6. The number of piperazine rings is 1. The molecule has 0 spiro atoms. The molecule has 3 heterocycles. The van der Waals surface area contributed by atoms with Gasteiger partial charge in [0, 0.05) is 45.0 Å². The molecule has 2 amide bonds. The van der Waals surface area contributed by atoms with Crippen LogP contribution in [0.2, 0.25) is 0 Å². The Bertz CT molecular complexity index is 970. The predicted octanol–water partition coefficient (Wildman–Crippen LogP) is 1.83. The van der Waals surface area contributed by atoms with Gasteiger partial charge in [-0.05, 0) is 25.1 Å². The molecule has 8 nitrogen and oxygen atoms in total. The normalized spacial score (nSPS) is 16.8. The molecule has 1 aromatic carbocycles. The molecule has 0 unspecified atom stereocenters. The number of para-hydroxylation sites is 2. The summed E-state index contributed by atoms with van der Waals surface area (Å²) in [6.07, 6.45) is 0. The first-order valence-corrected chi connectivity index (χ1v) is 10.1. The second-order valence-corrected chi connectivity index (χ2v) is 7.46. The minimum absolute atomic E-state index is 0.219. The Kier molecular flexibility index (Phi) is 5.59. The van der Waals surface area contributed by atoms with Crippen molar-refractivity contribution in [2.24, 2.45) is 0 Å². The van der Waals surface area contributed by atoms with Crippen molar-refractivity contribution in [2.75, 3.05) is 58.4 Å². The lowest BCUT2D eigenvalue weighted by atomic mass is 10.1. The van der Waals surface area contributed by atoms with E-state index in [0.29, 0.717) is 24.3 Å². The molecule has 0 saturated carbocycles. The summed E-state index contributed by atoms with van der Waals surface area (Å²) in [4.78, 5) is 35.7. The number of pyridine rings is 1. The van der Waals surface area contributed by atoms with Crippen molar-refractivity contribution >= 4 is 17.5 Å². The van der Waals surface area contributed by atoms with Crippen LogP contribution in [0.3, 0.4) is 0 Å². The van der Waals surface area contributed by atoms with Crippen molar-refractivity contribution in [1.82, 2.24) is 14.8 Å². The first-order valence-electron chi connectivity index (χ1n) is 10.1. The van der Waals surface area contributed by atoms with Crippen molar-refractivity contribution in [3.63, 3.8) is 0 Å². The molecular weight excluding hydrogens is 384 g/mol. The number of methoxy groups -OCH3 is 2. The Morgan fingerprint density at radius 2 is 1.70 bits per heavy atom. The Balaban J connectivity index is 1.37. The first-order chi connectivity index (χ1) is 14.5. The van der Waals surface area contributed by atoms with E-state index in [4.69, 9.17) is 9.47 Å². The van der Waals surface area contributed by atoms with Crippen LogP contribution in [-0.2, 0) is 0 Å². The average Bonchev–Trinajstić information content (AvgIpc) is 3.01. The van der Waals surface area contributed by atoms with E-state index >= 15 is 0 Å². The zero-order valence-corrected chi connectivity index (χ0v) is 17.6. The highest BCUT2D eigenvalue weighted by Gasteiger charge is 2.39. The van der Waals surface area contributed by atoms with Crippen LogP contribution in [0.5, 0.6) is 11.6 Å². The Morgan fingerprint density at radius 3 is 2.40 bits per heavy atom. The van der Waals surface area contributed by atoms with E-state index in [1.165, 1.54) is 12.0 Å². The van der Waals surface area contributed by atoms with Crippen molar-refractivity contribution in [2.45, 2.75) is 6.92 Å². The number of ether oxygens (including phenoxy) is 2. The fourth-order valence-corrected chi connectivity index (χ4v) is 4.09. The van der Waals surface area contributed by atoms with Crippen molar-refractivity contribution < 1.29 is 19.1 Å². The summed E-state index contributed by atoms with van der Waals surface area (Å²) in [5.41, 5.74) is 2.40. The van der Waals surface area contributed by atoms with Crippen molar-refractivity contribution in [3.05, 3.63) is 47.2 Å². The number of benzene rings is 1. The maximum Gasteiger partial charge on any atom is 0.267 e. The summed E-state index contributed by atoms with van der Waals surface area (Å²) in [6.45, 7) is 6.20. The van der Waals surface area contributed by atoms with Crippen LogP contribution in [0.25, 0.3) is 0 Å². The molecule has 0 bridgehead atoms. The maximum absolute atomic E-state index is 12.8. The molecule has 8 heteroatoms. The molecule has 0 N–H and O–H groups in total. The van der Waals surface area contributed by atoms with E-state index in [1.807, 2.05) is 18.2 Å². The van der Waals surface area contributed by atoms with E-state index in [-0.39, 0.29) is 23.3 Å². The fourth-order valence-electron chi connectivity index (χ4n) is 4.09. The van der Waals surface area contributed by atoms with Gasteiger partial charge >= 0.3 is 0 Å². The van der Waals surface area contributed by atoms with Gasteiger partial charge in [-0.15, -0.1) is 0 Å². The third-order valence-electron chi connectivity index (χ3n) is 5.68. The standard InChI is InChI=1S/C22H26N4O4/c1-15-14-16-19(20(23-15)30-3)22(28)26(21(16)27)13-10-24-8-11-25(12-9-24)17-6-4-5-7-18(17)29-2/h4-7,14H,8-13H2,1-3H3. The number of rotatable bonds is 6. The Morgan fingerprint density at radius 1 is 0.967 bits per heavy atom. The molecule has 0 radical (unpaired) electrons. The summed E-state index contributed by atoms with van der Waals surface area (Å²) in [7, 11) is 3.15. The highest BCUT2D eigenvalue weighted by atomic mass is 16.5. The van der Waals surface area contributed by atoms with Gasteiger partial charge in [0.1, 0.15) is 11.3 Å². The number of carbonyl (C=O) groups is 2. The van der Waals surface area contributed by atoms with Crippen molar-refractivity contribution in [3.8, 4) is 11.6 Å². The number of fused-ring (bicyclic) bond motifs is 1. The number of aryl methyl sites for hydroxylation is 1. The second kappa shape index (κ2) is 8.31. The molecule has 1 saturated heterocycles. The molecule has 1 fully saturated rings. The van der Waals surface area contributed by atoms with Crippen LogP contribution in [0, 0.1) is 6.92 Å². The van der Waals surface area contributed by atoms with Crippen LogP contribution >= 0.6 is 0 Å². The molecular formula is C22H26N4O4. The molecule has 158 valence electrons. The van der Waals surface area contributed by atoms with E-state index < -0.39 is 0 Å². The number of carbonyl (C=O) groups excluding carboxylic acids is 2. The minimum Gasteiger partial charge on any atom is -0.495 e. The summed E-state index contributed by atoms with van der Waals surface area (Å²) in [5.74, 6) is 0.490. The van der Waals surface area contributed by atoms with Gasteiger partial charge in [-0.1, -0.05) is 12.1 Å². The first kappa shape index (κ1) is 20.2. The Hall–Kier alpha value is -3.13. The molecule has 0 atom stereocenters. The smallest absolute Gasteiger partial charge is 0.267 e. The number of anilines is 1. The molecule has 2 aromatic rings. The highest BCUT2D eigenvalue weighted by molar-refractivity contribution is 6.22. The molecule has 2 aliphatic rings. The van der Waals surface area contributed by atoms with E-state index in [1.54, 1.807) is 20.1 Å². The number of aromatic nitrogens is 1. The van der Waals surface area contributed by atoms with Gasteiger partial charge in [0.15, 0.2) is 0 Å². The predicted molar refractivity (Wildman–Crippen MR) is 113 cm³/mol. The number of imide groups is 1. The average molecular weight is 410 g/mol. The number of amides is 2. The third-order valence-corrected chi connectivity index (χ3v) is 5.68. The zero-order chi connectivity index (χ0) is 21.3. The maximum atomic E-state index is 12.8. The molecule has 4 rings (SSSR count). The number of hydrogen-bond acceptors (Lipinski definition) is 7. The largest absolute Gasteiger partial charge is 0.495 e. The van der Waals surface area contributed by atoms with Crippen LogP contribution in [0.1, 0.15) is 26.4 Å². The number of hydrogen-bond donors (Lipinski definition) is 0. The highest BCUT2D eigenvalue weighted by Crippen LogP contribution is 2.31. The summed E-state index contributed by atoms with van der Waals surface area (Å²) < 4.78 is 10.7. The minimum atomic E-state index is -0.327. The van der Waals surface area contributed by atoms with Crippen LogP contribution in [0.4, 0.5) is 5.69 Å². The molecule has 1 aromatic heterocycles. The lowest BCUT2D eigenvalue weighted by molar-refractivity contribution is 0.0634. The third kappa shape index (κ3) is 3.59. The lowest BCUT2D eigenvalue weighted by Crippen LogP contribution is -2.49. The van der Waals surface area contributed by atoms with Gasteiger partial charge in [-0.25, -0.2) is 4.98 Å². The van der Waals surface area contributed by atoms with Gasteiger partial charge in [-0.3, -0.25) is 19.4 Å². The SMILES string of the molecule is COc1ccccc1N1CCN(CCN2C(=O)c3cc(C)nc(OC)c3C2=O)CC1. The summed E-state index contributed by atoms with van der Waals surface area (Å²) in [6, 6.07) is 9.67.